The van der Waals surface area contributed by atoms with Crippen molar-refractivity contribution in [2.24, 2.45) is 0 Å². The zero-order chi connectivity index (χ0) is 47.4. The average Bonchev–Trinajstić information content (AvgIpc) is 3.26. The fraction of sp³-hybridized carbons (Fsp3) is 0.0750. The molecule has 6 aromatic rings. The van der Waals surface area contributed by atoms with Crippen molar-refractivity contribution >= 4 is 46.3 Å². The normalized spacial score (nSPS) is 11.8. The van der Waals surface area contributed by atoms with E-state index in [9.17, 15) is 57.5 Å². The van der Waals surface area contributed by atoms with Crippen molar-refractivity contribution in [2.45, 2.75) is 0 Å². The summed E-state index contributed by atoms with van der Waals surface area (Å²) in [5.74, 6) is -71.2. The highest BCUT2D eigenvalue weighted by Gasteiger charge is 2.52. The first-order valence-electron chi connectivity index (χ1n) is 17.0. The van der Waals surface area contributed by atoms with E-state index in [1.165, 1.54) is 5.30 Å². The maximum Gasteiger partial charge on any atom is 0.200 e. The summed E-state index contributed by atoms with van der Waals surface area (Å²) in [7, 11) is -1.37. The molecule has 0 unspecified atom stereocenters. The second-order valence-electron chi connectivity index (χ2n) is 13.8. The van der Waals surface area contributed by atoms with Crippen molar-refractivity contribution in [1.82, 2.24) is 0 Å². The highest BCUT2D eigenvalue weighted by Crippen LogP contribution is 2.50. The molecule has 0 heterocycles. The van der Waals surface area contributed by atoms with E-state index in [4.69, 9.17) is 0 Å². The summed E-state index contributed by atoms with van der Waals surface area (Å²) in [6.45, 7) is 4.45. The molecule has 0 aliphatic rings. The van der Waals surface area contributed by atoms with Gasteiger partial charge in [-0.2, -0.15) is 0 Å². The molecule has 0 spiro atoms. The number of rotatable bonds is 8. The number of halogens is 20. The minimum absolute atomic E-state index is 0.248. The highest BCUT2D eigenvalue weighted by molar-refractivity contribution is 7.82. The number of benzene rings is 6. The molecule has 332 valence electrons. The third kappa shape index (κ3) is 7.79. The van der Waals surface area contributed by atoms with Gasteiger partial charge in [-0.1, -0.05) is 48.5 Å². The van der Waals surface area contributed by atoms with Gasteiger partial charge in [-0.25, -0.2) is 87.8 Å². The lowest BCUT2D eigenvalue weighted by atomic mass is 9.12. The molecule has 0 N–H and O–H groups in total. The van der Waals surface area contributed by atoms with Crippen LogP contribution in [0.1, 0.15) is 10.4 Å². The standard InChI is InChI=1S/C24BF20.C16H18OP/c26-5-1(6(27)14(35)21(42)13(5)34)25(2-7(28)15(36)22(43)16(37)8(2)29,3-9(30)17(38)23(44)18(39)10(3)31)4-11(32)19(40)24(45)20(41)12(4)33;1-18(2,15-11-7-4-8-12-15)13-16(17)14-9-5-3-6-10-14/h;3-12H,13H2,1-2H3/q-1;+1. The van der Waals surface area contributed by atoms with Crippen LogP contribution in [0.5, 0.6) is 0 Å². The Kier molecular flexibility index (Phi) is 13.5. The summed E-state index contributed by atoms with van der Waals surface area (Å²) in [6, 6.07) is 19.9. The predicted molar refractivity (Wildman–Crippen MR) is 190 cm³/mol. The molecule has 0 saturated carbocycles. The summed E-state index contributed by atoms with van der Waals surface area (Å²) < 4.78 is 294. The SMILES string of the molecule is C[P+](C)(CC(=O)c1ccccc1)c1ccccc1.Fc1c(F)c(F)c([B-](c2c(F)c(F)c(F)c(F)c2F)(c2c(F)c(F)c(F)c(F)c2F)c2c(F)c(F)c(F)c(F)c2F)c(F)c1F. The van der Waals surface area contributed by atoms with Crippen molar-refractivity contribution in [1.29, 1.82) is 0 Å². The Labute approximate surface area is 340 Å². The van der Waals surface area contributed by atoms with Gasteiger partial charge < -0.3 is 0 Å². The van der Waals surface area contributed by atoms with E-state index in [-0.39, 0.29) is 5.78 Å². The predicted octanol–water partition coefficient (Wildman–Crippen LogP) is 9.32. The molecule has 0 aliphatic heterocycles. The molecule has 63 heavy (non-hydrogen) atoms. The quantitative estimate of drug-likeness (QED) is 0.0372. The Bertz CT molecular complexity index is 2420. The van der Waals surface area contributed by atoms with Crippen molar-refractivity contribution in [3.8, 4) is 0 Å². The van der Waals surface area contributed by atoms with Crippen LogP contribution >= 0.6 is 7.26 Å². The second kappa shape index (κ2) is 17.7. The first-order chi connectivity index (χ1) is 29.3. The van der Waals surface area contributed by atoms with Gasteiger partial charge in [-0.15, -0.1) is 21.9 Å². The molecule has 6 aromatic carbocycles. The van der Waals surface area contributed by atoms with E-state index in [2.05, 4.69) is 25.5 Å². The van der Waals surface area contributed by atoms with E-state index >= 15 is 35.1 Å². The molecule has 23 heteroatoms. The molecule has 1 nitrogen and oxygen atoms in total. The summed E-state index contributed by atoms with van der Waals surface area (Å²) in [6.07, 6.45) is -6.58. The minimum Gasteiger partial charge on any atom is -0.290 e. The summed E-state index contributed by atoms with van der Waals surface area (Å²) >= 11 is 0. The summed E-state index contributed by atoms with van der Waals surface area (Å²) in [4.78, 5) is 12.3. The van der Waals surface area contributed by atoms with Crippen LogP contribution in [-0.4, -0.2) is 31.4 Å². The van der Waals surface area contributed by atoms with Crippen molar-refractivity contribution in [3.05, 3.63) is 183 Å². The van der Waals surface area contributed by atoms with E-state index in [1.54, 1.807) is 0 Å². The van der Waals surface area contributed by atoms with Crippen molar-refractivity contribution < 1.29 is 92.6 Å². The third-order valence-corrected chi connectivity index (χ3v) is 12.6. The van der Waals surface area contributed by atoms with Gasteiger partial charge in [0.15, 0.2) is 75.6 Å². The fourth-order valence-electron chi connectivity index (χ4n) is 6.87. The van der Waals surface area contributed by atoms with Gasteiger partial charge in [0.2, 0.25) is 0 Å². The lowest BCUT2D eigenvalue weighted by Crippen LogP contribution is -2.81. The maximum atomic E-state index is 15.4. The molecular weight excluding hydrogens is 918 g/mol. The Morgan fingerprint density at radius 3 is 0.794 bits per heavy atom. The molecule has 6 rings (SSSR count). The number of carbonyl (C=O) groups excluding carboxylic acids is 1. The average molecular weight is 936 g/mol. The van der Waals surface area contributed by atoms with Gasteiger partial charge in [-0.3, -0.25) is 4.79 Å². The second-order valence-corrected chi connectivity index (χ2v) is 18.0. The van der Waals surface area contributed by atoms with Crippen LogP contribution in [0, 0.1) is 116 Å². The highest BCUT2D eigenvalue weighted by atomic mass is 31.2. The van der Waals surface area contributed by atoms with Crippen LogP contribution in [0.25, 0.3) is 0 Å². The first kappa shape index (κ1) is 48.1. The summed E-state index contributed by atoms with van der Waals surface area (Å²) in [5, 5.41) is 1.31. The van der Waals surface area contributed by atoms with E-state index in [0.29, 0.717) is 6.16 Å². The molecular formula is C40H18BF20OP. The van der Waals surface area contributed by atoms with Crippen molar-refractivity contribution in [2.75, 3.05) is 19.5 Å². The van der Waals surface area contributed by atoms with Crippen LogP contribution in [0.15, 0.2) is 60.7 Å². The lowest BCUT2D eigenvalue weighted by molar-refractivity contribution is 0.102. The van der Waals surface area contributed by atoms with Crippen LogP contribution in [0.2, 0.25) is 0 Å². The maximum absolute atomic E-state index is 15.4. The van der Waals surface area contributed by atoms with E-state index in [0.717, 1.165) is 5.56 Å². The number of hydrogen-bond acceptors (Lipinski definition) is 1. The molecule has 0 aromatic heterocycles. The number of hydrogen-bond donors (Lipinski definition) is 0. The van der Waals surface area contributed by atoms with Gasteiger partial charge in [0.1, 0.15) is 58.8 Å². The Balaban J connectivity index is 0.000000345. The van der Waals surface area contributed by atoms with E-state index < -0.39 is 152 Å². The van der Waals surface area contributed by atoms with Gasteiger partial charge in [0.25, 0.3) is 0 Å². The molecule has 0 amide bonds. The van der Waals surface area contributed by atoms with Gasteiger partial charge >= 0.3 is 0 Å². The molecule has 0 radical (unpaired) electrons. The number of carbonyl (C=O) groups is 1. The molecule has 0 aliphatic carbocycles. The Morgan fingerprint density at radius 2 is 0.556 bits per heavy atom. The number of ketones is 1. The zero-order valence-corrected chi connectivity index (χ0v) is 31.9. The van der Waals surface area contributed by atoms with Crippen LogP contribution in [0.4, 0.5) is 87.8 Å². The van der Waals surface area contributed by atoms with Crippen molar-refractivity contribution in [3.63, 3.8) is 0 Å². The van der Waals surface area contributed by atoms with Gasteiger partial charge in [0.05, 0.1) is 18.6 Å². The first-order valence-corrected chi connectivity index (χ1v) is 19.9. The molecule has 0 saturated heterocycles. The van der Waals surface area contributed by atoms with Crippen LogP contribution in [0.3, 0.4) is 0 Å². The third-order valence-electron chi connectivity index (χ3n) is 9.80. The van der Waals surface area contributed by atoms with Gasteiger partial charge in [0, 0.05) is 12.8 Å². The smallest absolute Gasteiger partial charge is 0.200 e. The van der Waals surface area contributed by atoms with Crippen LogP contribution < -0.4 is 27.2 Å². The topological polar surface area (TPSA) is 17.1 Å². The minimum atomic E-state index is -7.22. The number of Topliss-reactive ketones (excluding diaryl/α,β-unsaturated/α-hetero) is 1. The largest absolute Gasteiger partial charge is 0.290 e. The van der Waals surface area contributed by atoms with Crippen LogP contribution in [-0.2, 0) is 0 Å². The Hall–Kier alpha value is -5.92. The zero-order valence-electron chi connectivity index (χ0n) is 31.0. The van der Waals surface area contributed by atoms with Gasteiger partial charge in [-0.05, 0) is 12.1 Å². The molecule has 0 fully saturated rings. The molecule has 0 bridgehead atoms. The summed E-state index contributed by atoms with van der Waals surface area (Å²) in [5.41, 5.74) is -13.5. The molecule has 0 atom stereocenters. The monoisotopic (exact) mass is 936 g/mol. The van der Waals surface area contributed by atoms with E-state index in [1.807, 2.05) is 48.5 Å². The Morgan fingerprint density at radius 1 is 0.349 bits per heavy atom. The lowest BCUT2D eigenvalue weighted by Gasteiger charge is -2.44. The fourth-order valence-corrected chi connectivity index (χ4v) is 8.93.